The summed E-state index contributed by atoms with van der Waals surface area (Å²) >= 11 is 5.92. The molecule has 0 radical (unpaired) electrons. The molecule has 0 unspecified atom stereocenters. The van der Waals surface area contributed by atoms with Crippen LogP contribution in [0.1, 0.15) is 34.9 Å². The van der Waals surface area contributed by atoms with E-state index in [2.05, 4.69) is 15.3 Å². The maximum Gasteiger partial charge on any atom is 0.255 e. The number of H-pyrrole nitrogens is 1. The monoisotopic (exact) mass is 311 g/mol. The van der Waals surface area contributed by atoms with Crippen LogP contribution in [0.25, 0.3) is 11.0 Å². The van der Waals surface area contributed by atoms with Crippen LogP contribution in [0.5, 0.6) is 0 Å². The number of nitrogens with one attached hydrogen (secondary N) is 2. The second-order valence-corrected chi connectivity index (χ2v) is 6.03. The number of aromatic nitrogens is 2. The molecule has 4 nitrogen and oxygen atoms in total. The van der Waals surface area contributed by atoms with E-state index in [1.165, 1.54) is 12.8 Å². The van der Waals surface area contributed by atoms with Crippen molar-refractivity contribution in [3.63, 3.8) is 0 Å². The summed E-state index contributed by atoms with van der Waals surface area (Å²) in [6.45, 7) is 0. The molecule has 1 aromatic heterocycles. The molecule has 2 N–H and O–H groups in total. The summed E-state index contributed by atoms with van der Waals surface area (Å²) in [4.78, 5) is 20.1. The van der Waals surface area contributed by atoms with Crippen molar-refractivity contribution >= 4 is 34.2 Å². The Hall–Kier alpha value is -2.33. The second-order valence-electron chi connectivity index (χ2n) is 5.59. The smallest absolute Gasteiger partial charge is 0.255 e. The number of benzene rings is 2. The van der Waals surface area contributed by atoms with Gasteiger partial charge in [0.1, 0.15) is 5.82 Å². The van der Waals surface area contributed by atoms with Gasteiger partial charge in [-0.1, -0.05) is 17.7 Å². The summed E-state index contributed by atoms with van der Waals surface area (Å²) < 4.78 is 0. The number of carbonyl (C=O) groups is 1. The van der Waals surface area contributed by atoms with Crippen LogP contribution >= 0.6 is 11.6 Å². The summed E-state index contributed by atoms with van der Waals surface area (Å²) in [7, 11) is 0. The third kappa shape index (κ3) is 2.57. The van der Waals surface area contributed by atoms with Crippen molar-refractivity contribution < 1.29 is 4.79 Å². The van der Waals surface area contributed by atoms with Gasteiger partial charge in [0.05, 0.1) is 11.0 Å². The number of fused-ring (bicyclic) bond motifs is 1. The van der Waals surface area contributed by atoms with E-state index in [0.717, 1.165) is 22.5 Å². The summed E-state index contributed by atoms with van der Waals surface area (Å²) in [5.41, 5.74) is 3.16. The van der Waals surface area contributed by atoms with E-state index in [-0.39, 0.29) is 5.91 Å². The molecule has 1 heterocycles. The number of hydrogen-bond acceptors (Lipinski definition) is 2. The predicted octanol–water partition coefficient (Wildman–Crippen LogP) is 4.35. The quantitative estimate of drug-likeness (QED) is 0.755. The summed E-state index contributed by atoms with van der Waals surface area (Å²) in [6.07, 6.45) is 2.41. The number of anilines is 1. The topological polar surface area (TPSA) is 57.8 Å². The van der Waals surface area contributed by atoms with Crippen molar-refractivity contribution in [1.29, 1.82) is 0 Å². The van der Waals surface area contributed by atoms with Crippen LogP contribution < -0.4 is 5.32 Å². The van der Waals surface area contributed by atoms with Gasteiger partial charge in [-0.25, -0.2) is 4.98 Å². The van der Waals surface area contributed by atoms with Crippen molar-refractivity contribution in [1.82, 2.24) is 9.97 Å². The lowest BCUT2D eigenvalue weighted by Crippen LogP contribution is -2.11. The van der Waals surface area contributed by atoms with Crippen molar-refractivity contribution in [3.8, 4) is 0 Å². The lowest BCUT2D eigenvalue weighted by molar-refractivity contribution is 0.102. The van der Waals surface area contributed by atoms with Crippen LogP contribution in [0.15, 0.2) is 42.5 Å². The third-order valence-corrected chi connectivity index (χ3v) is 4.04. The molecule has 0 bridgehead atoms. The third-order valence-electron chi connectivity index (χ3n) is 3.81. The van der Waals surface area contributed by atoms with Gasteiger partial charge >= 0.3 is 0 Å². The molecule has 110 valence electrons. The Morgan fingerprint density at radius 2 is 2.09 bits per heavy atom. The molecule has 0 aliphatic heterocycles. The average Bonchev–Trinajstić information content (AvgIpc) is 3.27. The largest absolute Gasteiger partial charge is 0.342 e. The lowest BCUT2D eigenvalue weighted by Gasteiger charge is -2.05. The van der Waals surface area contributed by atoms with Crippen molar-refractivity contribution in [2.75, 3.05) is 5.32 Å². The second kappa shape index (κ2) is 5.14. The van der Waals surface area contributed by atoms with Crippen molar-refractivity contribution in [3.05, 3.63) is 58.9 Å². The number of nitrogens with zero attached hydrogens (tertiary/aromatic N) is 1. The van der Waals surface area contributed by atoms with Gasteiger partial charge in [0.25, 0.3) is 5.91 Å². The number of halogens is 1. The van der Waals surface area contributed by atoms with E-state index in [0.29, 0.717) is 16.5 Å². The molecule has 0 saturated heterocycles. The summed E-state index contributed by atoms with van der Waals surface area (Å²) in [5.74, 6) is 1.45. The molecule has 3 aromatic rings. The van der Waals surface area contributed by atoms with Gasteiger partial charge in [0.15, 0.2) is 0 Å². The number of carbonyl (C=O) groups excluding carboxylic acids is 1. The highest BCUT2D eigenvalue weighted by Gasteiger charge is 2.26. The van der Waals surface area contributed by atoms with Crippen LogP contribution in [0, 0.1) is 0 Å². The van der Waals surface area contributed by atoms with Crippen molar-refractivity contribution in [2.45, 2.75) is 18.8 Å². The first-order valence-electron chi connectivity index (χ1n) is 7.25. The Kier molecular flexibility index (Phi) is 3.12. The van der Waals surface area contributed by atoms with Gasteiger partial charge in [-0.05, 0) is 49.2 Å². The number of hydrogen-bond donors (Lipinski definition) is 2. The summed E-state index contributed by atoms with van der Waals surface area (Å²) in [5, 5.41) is 3.43. The van der Waals surface area contributed by atoms with Gasteiger partial charge in [-0.2, -0.15) is 0 Å². The fourth-order valence-corrected chi connectivity index (χ4v) is 2.68. The van der Waals surface area contributed by atoms with E-state index in [1.54, 1.807) is 24.3 Å². The van der Waals surface area contributed by atoms with E-state index in [9.17, 15) is 4.79 Å². The molecule has 2 aromatic carbocycles. The maximum atomic E-state index is 12.2. The van der Waals surface area contributed by atoms with E-state index in [1.807, 2.05) is 18.2 Å². The van der Waals surface area contributed by atoms with Gasteiger partial charge < -0.3 is 10.3 Å². The highest BCUT2D eigenvalue weighted by molar-refractivity contribution is 6.31. The standard InChI is InChI=1S/C17H14ClN3O/c18-12-3-1-2-11(8-12)17(22)19-13-6-7-14-15(9-13)21-16(20-14)10-4-5-10/h1-3,6-10H,4-5H2,(H,19,22)(H,20,21). The Labute approximate surface area is 132 Å². The van der Waals surface area contributed by atoms with E-state index in [4.69, 9.17) is 11.6 Å². The Bertz CT molecular complexity index is 867. The molecular weight excluding hydrogens is 298 g/mol. The Morgan fingerprint density at radius 3 is 2.86 bits per heavy atom. The molecule has 0 spiro atoms. The number of amides is 1. The normalized spacial score (nSPS) is 14.2. The minimum atomic E-state index is -0.177. The highest BCUT2D eigenvalue weighted by atomic mass is 35.5. The molecule has 5 heteroatoms. The first kappa shape index (κ1) is 13.3. The fourth-order valence-electron chi connectivity index (χ4n) is 2.49. The SMILES string of the molecule is O=C(Nc1ccc2nc(C3CC3)[nH]c2c1)c1cccc(Cl)c1. The van der Waals surface area contributed by atoms with Gasteiger partial charge in [0, 0.05) is 22.2 Å². The Morgan fingerprint density at radius 1 is 1.23 bits per heavy atom. The minimum absolute atomic E-state index is 0.177. The van der Waals surface area contributed by atoms with Crippen LogP contribution in [0.3, 0.4) is 0 Å². The molecule has 1 saturated carbocycles. The molecular formula is C17H14ClN3O. The zero-order valence-corrected chi connectivity index (χ0v) is 12.5. The molecule has 4 rings (SSSR count). The lowest BCUT2D eigenvalue weighted by atomic mass is 10.2. The minimum Gasteiger partial charge on any atom is -0.342 e. The van der Waals surface area contributed by atoms with Crippen LogP contribution in [-0.4, -0.2) is 15.9 Å². The maximum absolute atomic E-state index is 12.2. The van der Waals surface area contributed by atoms with E-state index >= 15 is 0 Å². The van der Waals surface area contributed by atoms with Gasteiger partial charge in [0.2, 0.25) is 0 Å². The number of imidazole rings is 1. The Balaban J connectivity index is 1.59. The van der Waals surface area contributed by atoms with Crippen LogP contribution in [0.2, 0.25) is 5.02 Å². The summed E-state index contributed by atoms with van der Waals surface area (Å²) in [6, 6.07) is 12.6. The molecule has 22 heavy (non-hydrogen) atoms. The molecule has 1 aliphatic carbocycles. The first-order chi connectivity index (χ1) is 10.7. The first-order valence-corrected chi connectivity index (χ1v) is 7.63. The van der Waals surface area contributed by atoms with Crippen LogP contribution in [0.4, 0.5) is 5.69 Å². The number of rotatable bonds is 3. The zero-order chi connectivity index (χ0) is 15.1. The van der Waals surface area contributed by atoms with Crippen LogP contribution in [-0.2, 0) is 0 Å². The van der Waals surface area contributed by atoms with Gasteiger partial charge in [-0.3, -0.25) is 4.79 Å². The zero-order valence-electron chi connectivity index (χ0n) is 11.8. The molecule has 0 atom stereocenters. The molecule has 1 fully saturated rings. The highest BCUT2D eigenvalue weighted by Crippen LogP contribution is 2.39. The predicted molar refractivity (Wildman–Crippen MR) is 87.5 cm³/mol. The molecule has 1 amide bonds. The fraction of sp³-hybridized carbons (Fsp3) is 0.176. The average molecular weight is 312 g/mol. The van der Waals surface area contributed by atoms with E-state index < -0.39 is 0 Å². The van der Waals surface area contributed by atoms with Crippen molar-refractivity contribution in [2.24, 2.45) is 0 Å². The molecule has 1 aliphatic rings. The van der Waals surface area contributed by atoms with Gasteiger partial charge in [-0.15, -0.1) is 0 Å². The number of aromatic amines is 1.